The second-order valence-corrected chi connectivity index (χ2v) is 19.6. The molecule has 0 aliphatic carbocycles. The van der Waals surface area contributed by atoms with Gasteiger partial charge in [0.2, 0.25) is 23.3 Å². The van der Waals surface area contributed by atoms with Gasteiger partial charge in [0.25, 0.3) is 0 Å². The van der Waals surface area contributed by atoms with Crippen LogP contribution in [0.1, 0.15) is 11.1 Å². The van der Waals surface area contributed by atoms with Gasteiger partial charge in [-0.3, -0.25) is 9.97 Å². The maximum absolute atomic E-state index is 13.4. The van der Waals surface area contributed by atoms with Gasteiger partial charge in [-0.1, -0.05) is 30.3 Å². The lowest BCUT2D eigenvalue weighted by atomic mass is 10.2. The Morgan fingerprint density at radius 2 is 1.06 bits per heavy atom. The first-order valence-corrected chi connectivity index (χ1v) is 26.9. The monoisotopic (exact) mass is 1380 g/mol. The predicted molar refractivity (Wildman–Crippen MR) is 312 cm³/mol. The van der Waals surface area contributed by atoms with Crippen LogP contribution in [0.2, 0.25) is 0 Å². The molecule has 0 saturated heterocycles. The van der Waals surface area contributed by atoms with Crippen molar-refractivity contribution in [1.29, 1.82) is 10.5 Å². The van der Waals surface area contributed by atoms with E-state index in [9.17, 15) is 13.2 Å². The van der Waals surface area contributed by atoms with E-state index in [1.54, 1.807) is 44.0 Å². The highest BCUT2D eigenvalue weighted by Gasteiger charge is 2.16. The number of nitriles is 2. The number of nitrogens with zero attached hydrogens (tertiary/aromatic N) is 22. The van der Waals surface area contributed by atoms with Gasteiger partial charge in [0.15, 0.2) is 11.6 Å². The third kappa shape index (κ3) is 14.6. The average Bonchev–Trinajstić information content (AvgIpc) is 4.47. The maximum atomic E-state index is 13.4. The number of anilines is 2. The molecule has 5 aromatic carbocycles. The van der Waals surface area contributed by atoms with Crippen LogP contribution in [0.5, 0.6) is 5.75 Å². The summed E-state index contributed by atoms with van der Waals surface area (Å²) < 4.78 is 47.4. The van der Waals surface area contributed by atoms with Crippen LogP contribution in [0.4, 0.5) is 24.5 Å². The van der Waals surface area contributed by atoms with Crippen LogP contribution in [0.3, 0.4) is 0 Å². The van der Waals surface area contributed by atoms with E-state index >= 15 is 0 Å². The van der Waals surface area contributed by atoms with Crippen molar-refractivity contribution in [2.75, 3.05) is 12.4 Å². The van der Waals surface area contributed by atoms with Gasteiger partial charge in [0.1, 0.15) is 43.8 Å². The highest BCUT2D eigenvalue weighted by atomic mass is 127. The number of hydrogen-bond acceptors (Lipinski definition) is 20. The number of aromatic nitrogens is 22. The molecule has 13 aromatic rings. The molecule has 0 radical (unpaired) electrons. The number of tetrazole rings is 4. The molecule has 0 aliphatic rings. The summed E-state index contributed by atoms with van der Waals surface area (Å²) >= 11 is 8.53. The number of pyridine rings is 2. The first-order valence-electron chi connectivity index (χ1n) is 24.2. The van der Waals surface area contributed by atoms with Crippen molar-refractivity contribution in [2.45, 2.75) is 0 Å². The Balaban J connectivity index is 0.000000127. The van der Waals surface area contributed by atoms with E-state index < -0.39 is 11.6 Å². The van der Waals surface area contributed by atoms with E-state index in [-0.39, 0.29) is 28.6 Å². The largest absolute Gasteiger partial charge is 0.495 e. The second kappa shape index (κ2) is 26.8. The number of aromatic amines is 2. The van der Waals surface area contributed by atoms with Crippen molar-refractivity contribution >= 4 is 65.8 Å². The van der Waals surface area contributed by atoms with Crippen molar-refractivity contribution in [3.8, 4) is 87.0 Å². The summed E-state index contributed by atoms with van der Waals surface area (Å²) in [5, 5.41) is 69.1. The van der Waals surface area contributed by atoms with E-state index in [2.05, 4.69) is 129 Å². The summed E-state index contributed by atoms with van der Waals surface area (Å²) in [6.07, 6.45) is 6.55. The molecule has 8 aromatic heterocycles. The molecule has 0 aliphatic heterocycles. The fourth-order valence-electron chi connectivity index (χ4n) is 7.28. The minimum atomic E-state index is -0.550. The SMILES string of the molecule is COc1ccccc1Nc1cccc(-n2nnc(-c3ccccn3)n2)c1.Fc1cc(I)cc(-n2nnc(-c3ccccn3)n2)c1.N#Cc1cc(F)cc(-n2nnc(-c3nc(Br)c(Br)[nH]3)n2)c1.N#Cc1cc(F)cc(-n2nnc(-c3ncc[nH]3)n2)c1. The zero-order valence-corrected chi connectivity index (χ0v) is 48.4. The number of benzene rings is 5. The van der Waals surface area contributed by atoms with E-state index in [1.165, 1.54) is 46.0 Å². The molecule has 8 heterocycles. The number of nitrogens with one attached hydrogen (secondary N) is 3. The van der Waals surface area contributed by atoms with Crippen molar-refractivity contribution in [3.05, 3.63) is 206 Å². The molecule has 3 N–H and O–H groups in total. The summed E-state index contributed by atoms with van der Waals surface area (Å²) in [7, 11) is 1.65. The number of methoxy groups -OCH3 is 1. The molecule has 0 fully saturated rings. The average molecular weight is 1380 g/mol. The summed E-state index contributed by atoms with van der Waals surface area (Å²) in [6.45, 7) is 0. The molecular formula is C53H33Br2F3IN25O. The molecule has 0 saturated carbocycles. The maximum Gasteiger partial charge on any atom is 0.240 e. The summed E-state index contributed by atoms with van der Waals surface area (Å²) in [4.78, 5) is 27.3. The molecule has 0 amide bonds. The van der Waals surface area contributed by atoms with Gasteiger partial charge in [0, 0.05) is 52.2 Å². The number of imidazole rings is 2. The Morgan fingerprint density at radius 3 is 1.56 bits per heavy atom. The van der Waals surface area contributed by atoms with Crippen LogP contribution < -0.4 is 10.1 Å². The minimum Gasteiger partial charge on any atom is -0.495 e. The molecule has 85 heavy (non-hydrogen) atoms. The highest BCUT2D eigenvalue weighted by Crippen LogP contribution is 2.28. The number of para-hydroxylation sites is 2. The van der Waals surface area contributed by atoms with Gasteiger partial charge in [-0.05, 0) is 166 Å². The van der Waals surface area contributed by atoms with E-state index in [0.717, 1.165) is 48.1 Å². The third-order valence-corrected chi connectivity index (χ3v) is 13.3. The zero-order valence-electron chi connectivity index (χ0n) is 43.1. The zero-order chi connectivity index (χ0) is 59.2. The van der Waals surface area contributed by atoms with Crippen molar-refractivity contribution in [3.63, 3.8) is 0 Å². The number of H-pyrrole nitrogens is 2. The Morgan fingerprint density at radius 1 is 0.541 bits per heavy atom. The second-order valence-electron chi connectivity index (χ2n) is 16.8. The molecule has 0 atom stereocenters. The van der Waals surface area contributed by atoms with Gasteiger partial charge in [-0.2, -0.15) is 10.5 Å². The molecule has 26 nitrogen and oxygen atoms in total. The lowest BCUT2D eigenvalue weighted by molar-refractivity contribution is 0.417. The Labute approximate surface area is 506 Å². The van der Waals surface area contributed by atoms with Crippen molar-refractivity contribution < 1.29 is 17.9 Å². The Hall–Kier alpha value is -10.8. The Kier molecular flexibility index (Phi) is 18.1. The third-order valence-electron chi connectivity index (χ3n) is 11.0. The van der Waals surface area contributed by atoms with Gasteiger partial charge in [0.05, 0.1) is 58.8 Å². The quantitative estimate of drug-likeness (QED) is 0.101. The van der Waals surface area contributed by atoms with Gasteiger partial charge < -0.3 is 20.0 Å². The standard InChI is InChI=1S/C19H16N6O.C12H7FIN5.C11H4Br2FN7.C11H6FN7/c1-26-18-11-3-2-9-16(18)21-14-7-6-8-15(13-14)25-23-19(22-24-25)17-10-4-5-12-20-17;13-8-5-9(14)7-10(6-8)19-17-12(16-18-19)11-3-1-2-4-15-11;12-8-9(13)17-10(16-8)11-18-20-21(19-11)7-2-5(4-15)1-6(14)3-7;12-8-3-7(6-13)4-9(5-8)19-17-11(16-18-19)10-14-1-2-15-10/h2-13,21H,1H3;1-7H;1-3H,(H,16,17);1-5H,(H,14,15). The van der Waals surface area contributed by atoms with Gasteiger partial charge in [-0.15, -0.1) is 60.0 Å². The van der Waals surface area contributed by atoms with Crippen molar-refractivity contribution in [1.82, 2.24) is 111 Å². The number of rotatable bonds is 11. The van der Waals surface area contributed by atoms with Crippen LogP contribution >= 0.6 is 54.5 Å². The lowest BCUT2D eigenvalue weighted by Gasteiger charge is -2.11. The lowest BCUT2D eigenvalue weighted by Crippen LogP contribution is -2.00. The molecule has 13 rings (SSSR count). The van der Waals surface area contributed by atoms with Crippen molar-refractivity contribution in [2.24, 2.45) is 0 Å². The van der Waals surface area contributed by atoms with Crippen LogP contribution in [0.15, 0.2) is 174 Å². The Bertz CT molecular complexity index is 4450. The highest BCUT2D eigenvalue weighted by molar-refractivity contribution is 14.1. The number of hydrogen-bond donors (Lipinski definition) is 3. The molecule has 32 heteroatoms. The fourth-order valence-corrected chi connectivity index (χ4v) is 8.45. The molecule has 0 bridgehead atoms. The summed E-state index contributed by atoms with van der Waals surface area (Å²) in [6, 6.07) is 42.4. The van der Waals surface area contributed by atoms with Gasteiger partial charge in [-0.25, -0.2) is 23.1 Å². The normalized spacial score (nSPS) is 10.5. The summed E-state index contributed by atoms with van der Waals surface area (Å²) in [5.74, 6) is 1.62. The molecular weight excluding hydrogens is 1350 g/mol. The first kappa shape index (κ1) is 57.4. The van der Waals surface area contributed by atoms with E-state index in [0.29, 0.717) is 61.0 Å². The smallest absolute Gasteiger partial charge is 0.240 e. The number of halogens is 6. The van der Waals surface area contributed by atoms with Crippen LogP contribution in [-0.4, -0.2) is 118 Å². The van der Waals surface area contributed by atoms with E-state index in [4.69, 9.17) is 15.3 Å². The summed E-state index contributed by atoms with van der Waals surface area (Å²) in [5.41, 5.74) is 5.38. The fraction of sp³-hybridized carbons (Fsp3) is 0.0189. The van der Waals surface area contributed by atoms with E-state index in [1.807, 2.05) is 114 Å². The van der Waals surface area contributed by atoms with Crippen LogP contribution in [0.25, 0.3) is 69.1 Å². The molecule has 418 valence electrons. The van der Waals surface area contributed by atoms with Gasteiger partial charge >= 0.3 is 0 Å². The van der Waals surface area contributed by atoms with Crippen LogP contribution in [0, 0.1) is 43.7 Å². The van der Waals surface area contributed by atoms with Crippen LogP contribution in [-0.2, 0) is 0 Å². The number of ether oxygens (including phenoxy) is 1. The topological polar surface area (TPSA) is 326 Å². The minimum absolute atomic E-state index is 0.173. The molecule has 0 unspecified atom stereocenters. The predicted octanol–water partition coefficient (Wildman–Crippen LogP) is 9.60. The molecule has 0 spiro atoms. The first-order chi connectivity index (χ1) is 41.4.